The largest absolute Gasteiger partial charge is 0.416 e. The molecule has 0 radical (unpaired) electrons. The zero-order chi connectivity index (χ0) is 24.5. The number of carbonyl (C=O) groups excluding carboxylic acids is 2. The van der Waals surface area contributed by atoms with Crippen molar-refractivity contribution in [1.82, 2.24) is 14.9 Å². The first kappa shape index (κ1) is 23.5. The number of halogens is 3. The Balaban J connectivity index is 1.68. The van der Waals surface area contributed by atoms with Gasteiger partial charge in [-0.05, 0) is 74.6 Å². The minimum Gasteiger partial charge on any atom is -0.350 e. The third-order valence-electron chi connectivity index (χ3n) is 6.07. The summed E-state index contributed by atoms with van der Waals surface area (Å²) in [6.45, 7) is 5.43. The molecule has 34 heavy (non-hydrogen) atoms. The first-order valence-corrected chi connectivity index (χ1v) is 11.1. The van der Waals surface area contributed by atoms with Gasteiger partial charge in [0.25, 0.3) is 5.91 Å². The lowest BCUT2D eigenvalue weighted by Gasteiger charge is -2.31. The summed E-state index contributed by atoms with van der Waals surface area (Å²) in [7, 11) is 0. The molecule has 3 aromatic rings. The molecule has 0 unspecified atom stereocenters. The van der Waals surface area contributed by atoms with E-state index in [2.05, 4.69) is 22.2 Å². The molecule has 4 rings (SSSR count). The van der Waals surface area contributed by atoms with Gasteiger partial charge >= 0.3 is 6.18 Å². The number of carbonyl (C=O) groups is 2. The van der Waals surface area contributed by atoms with Gasteiger partial charge in [-0.1, -0.05) is 18.7 Å². The molecule has 2 amide bonds. The molecule has 0 saturated heterocycles. The molecule has 178 valence electrons. The van der Waals surface area contributed by atoms with Crippen molar-refractivity contribution in [1.29, 1.82) is 0 Å². The molecule has 2 N–H and O–H groups in total. The van der Waals surface area contributed by atoms with Crippen LogP contribution in [0, 0.1) is 6.92 Å². The monoisotopic (exact) mass is 470 g/mol. The Morgan fingerprint density at radius 1 is 1.18 bits per heavy atom. The molecule has 1 heterocycles. The maximum absolute atomic E-state index is 13.1. The highest BCUT2D eigenvalue weighted by Crippen LogP contribution is 2.35. The lowest BCUT2D eigenvalue weighted by molar-refractivity contribution is -0.137. The van der Waals surface area contributed by atoms with Crippen LogP contribution in [0.2, 0.25) is 0 Å². The van der Waals surface area contributed by atoms with Gasteiger partial charge in [-0.25, -0.2) is 4.98 Å². The molecule has 1 fully saturated rings. The molecule has 0 aliphatic heterocycles. The number of anilines is 1. The molecule has 0 spiro atoms. The molecular weight excluding hydrogens is 445 g/mol. The summed E-state index contributed by atoms with van der Waals surface area (Å²) >= 11 is 0. The molecule has 2 atom stereocenters. The molecule has 0 bridgehead atoms. The van der Waals surface area contributed by atoms with Gasteiger partial charge in [0, 0.05) is 17.6 Å². The van der Waals surface area contributed by atoms with Crippen LogP contribution in [0.3, 0.4) is 0 Å². The Labute approximate surface area is 194 Å². The third-order valence-corrected chi connectivity index (χ3v) is 6.07. The number of amides is 2. The quantitative estimate of drug-likeness (QED) is 0.490. The lowest BCUT2D eigenvalue weighted by atomic mass is 9.90. The smallest absolute Gasteiger partial charge is 0.350 e. The number of hydrogen-bond donors (Lipinski definition) is 2. The number of aromatic nitrogens is 2. The molecule has 1 aromatic heterocycles. The summed E-state index contributed by atoms with van der Waals surface area (Å²) in [5, 5.41) is 5.66. The van der Waals surface area contributed by atoms with E-state index in [4.69, 9.17) is 0 Å². The average Bonchev–Trinajstić information content (AvgIpc) is 3.15. The molecule has 6 nitrogen and oxygen atoms in total. The fourth-order valence-corrected chi connectivity index (χ4v) is 4.47. The van der Waals surface area contributed by atoms with Crippen LogP contribution in [0.15, 0.2) is 55.1 Å². The van der Waals surface area contributed by atoms with Gasteiger partial charge in [0.05, 0.1) is 16.6 Å². The zero-order valence-electron chi connectivity index (χ0n) is 18.7. The van der Waals surface area contributed by atoms with E-state index in [1.54, 1.807) is 0 Å². The van der Waals surface area contributed by atoms with Gasteiger partial charge in [-0.3, -0.25) is 14.9 Å². The second-order valence-electron chi connectivity index (χ2n) is 8.56. The van der Waals surface area contributed by atoms with Gasteiger partial charge < -0.3 is 9.88 Å². The van der Waals surface area contributed by atoms with Crippen LogP contribution >= 0.6 is 0 Å². The first-order valence-electron chi connectivity index (χ1n) is 11.1. The standard InChI is InChI=1S/C25H25F3N4O2/c1-3-22(33)29-18-8-5-9-19(14-18)32-21-11-10-15(2)12-20(21)30-24(32)31-23(34)16-6-4-7-17(13-16)25(26,27)28/h3-4,6-7,10-13,18-19H,1,5,8-9,14H2,2H3,(H,29,33)(H,30,31,34)/t18-,19+/m1/s1. The Morgan fingerprint density at radius 2 is 1.97 bits per heavy atom. The van der Waals surface area contributed by atoms with Crippen LogP contribution < -0.4 is 10.6 Å². The minimum absolute atomic E-state index is 0.0563. The molecule has 1 aliphatic rings. The molecule has 2 aromatic carbocycles. The van der Waals surface area contributed by atoms with E-state index in [-0.39, 0.29) is 29.5 Å². The van der Waals surface area contributed by atoms with E-state index < -0.39 is 17.6 Å². The Bertz CT molecular complexity index is 1250. The van der Waals surface area contributed by atoms with Crippen molar-refractivity contribution in [2.24, 2.45) is 0 Å². The number of aryl methyl sites for hydroxylation is 1. The van der Waals surface area contributed by atoms with Crippen LogP contribution in [-0.4, -0.2) is 27.4 Å². The summed E-state index contributed by atoms with van der Waals surface area (Å²) in [4.78, 5) is 29.3. The van der Waals surface area contributed by atoms with Crippen LogP contribution in [-0.2, 0) is 11.0 Å². The van der Waals surface area contributed by atoms with Crippen molar-refractivity contribution in [3.63, 3.8) is 0 Å². The third kappa shape index (κ3) is 4.98. The van der Waals surface area contributed by atoms with Gasteiger partial charge in [0.2, 0.25) is 11.9 Å². The predicted octanol–water partition coefficient (Wildman–Crippen LogP) is 5.40. The summed E-state index contributed by atoms with van der Waals surface area (Å²) in [6, 6.07) is 9.94. The minimum atomic E-state index is -4.55. The second kappa shape index (κ2) is 9.32. The maximum Gasteiger partial charge on any atom is 0.416 e. The number of alkyl halides is 3. The average molecular weight is 470 g/mol. The molecule has 1 saturated carbocycles. The van der Waals surface area contributed by atoms with Crippen molar-refractivity contribution in [2.75, 3.05) is 5.32 Å². The van der Waals surface area contributed by atoms with E-state index in [1.807, 2.05) is 29.7 Å². The van der Waals surface area contributed by atoms with Crippen molar-refractivity contribution in [2.45, 2.75) is 50.9 Å². The van der Waals surface area contributed by atoms with Gasteiger partial charge in [-0.2, -0.15) is 13.2 Å². The number of fused-ring (bicyclic) bond motifs is 1. The van der Waals surface area contributed by atoms with Crippen molar-refractivity contribution in [3.8, 4) is 0 Å². The van der Waals surface area contributed by atoms with Crippen molar-refractivity contribution >= 4 is 28.8 Å². The topological polar surface area (TPSA) is 76.0 Å². The summed E-state index contributed by atoms with van der Waals surface area (Å²) in [5.74, 6) is -0.648. The number of nitrogens with one attached hydrogen (secondary N) is 2. The molecule has 9 heteroatoms. The maximum atomic E-state index is 13.1. The fourth-order valence-electron chi connectivity index (χ4n) is 4.47. The first-order chi connectivity index (χ1) is 16.2. The van der Waals surface area contributed by atoms with E-state index >= 15 is 0 Å². The Morgan fingerprint density at radius 3 is 2.71 bits per heavy atom. The Kier molecular flexibility index (Phi) is 6.45. The highest BCUT2D eigenvalue weighted by atomic mass is 19.4. The van der Waals surface area contributed by atoms with Gasteiger partial charge in [0.1, 0.15) is 0 Å². The lowest BCUT2D eigenvalue weighted by Crippen LogP contribution is -2.38. The number of hydrogen-bond acceptors (Lipinski definition) is 3. The number of imidazole rings is 1. The Hall–Kier alpha value is -3.62. The van der Waals surface area contributed by atoms with E-state index in [1.165, 1.54) is 18.2 Å². The van der Waals surface area contributed by atoms with E-state index in [0.29, 0.717) is 11.9 Å². The number of benzene rings is 2. The van der Waals surface area contributed by atoms with Crippen molar-refractivity contribution < 1.29 is 22.8 Å². The SMILES string of the molecule is C=CC(=O)N[C@@H]1CCC[C@H](n2c(NC(=O)c3cccc(C(F)(F)F)c3)nc3cc(C)ccc32)C1. The van der Waals surface area contributed by atoms with Crippen LogP contribution in [0.4, 0.5) is 19.1 Å². The summed E-state index contributed by atoms with van der Waals surface area (Å²) in [5.41, 5.74) is 1.48. The predicted molar refractivity (Wildman–Crippen MR) is 123 cm³/mol. The number of nitrogens with zero attached hydrogens (tertiary/aromatic N) is 2. The molecular formula is C25H25F3N4O2. The number of rotatable bonds is 5. The summed E-state index contributed by atoms with van der Waals surface area (Å²) < 4.78 is 41.3. The van der Waals surface area contributed by atoms with Crippen LogP contribution in [0.25, 0.3) is 11.0 Å². The highest BCUT2D eigenvalue weighted by Gasteiger charge is 2.31. The van der Waals surface area contributed by atoms with E-state index in [0.717, 1.165) is 42.5 Å². The second-order valence-corrected chi connectivity index (χ2v) is 8.56. The highest BCUT2D eigenvalue weighted by molar-refractivity contribution is 6.04. The van der Waals surface area contributed by atoms with Crippen LogP contribution in [0.5, 0.6) is 0 Å². The normalized spacial score (nSPS) is 18.5. The van der Waals surface area contributed by atoms with Crippen LogP contribution in [0.1, 0.15) is 53.2 Å². The van der Waals surface area contributed by atoms with Crippen molar-refractivity contribution in [3.05, 3.63) is 71.8 Å². The summed E-state index contributed by atoms with van der Waals surface area (Å²) in [6.07, 6.45) is -0.182. The molecule has 1 aliphatic carbocycles. The fraction of sp³-hybridized carbons (Fsp3) is 0.320. The van der Waals surface area contributed by atoms with Gasteiger partial charge in [-0.15, -0.1) is 0 Å². The zero-order valence-corrected chi connectivity index (χ0v) is 18.7. The van der Waals surface area contributed by atoms with E-state index in [9.17, 15) is 22.8 Å². The van der Waals surface area contributed by atoms with Gasteiger partial charge in [0.15, 0.2) is 0 Å².